The number of imide groups is 1. The zero-order valence-corrected chi connectivity index (χ0v) is 20.8. The Kier molecular flexibility index (Phi) is 7.00. The highest BCUT2D eigenvalue weighted by atomic mass is 16.2. The number of aromatic nitrogens is 4. The molecule has 0 unspecified atom stereocenters. The number of urea groups is 1. The van der Waals surface area contributed by atoms with E-state index in [9.17, 15) is 14.4 Å². The lowest BCUT2D eigenvalue weighted by molar-refractivity contribution is -0.156. The number of nitrogen functional groups attached to an aromatic ring is 1. The highest BCUT2D eigenvalue weighted by molar-refractivity contribution is 6.12. The molecule has 11 heteroatoms. The van der Waals surface area contributed by atoms with Crippen molar-refractivity contribution in [3.63, 3.8) is 0 Å². The molecule has 1 aliphatic heterocycles. The number of pyridine rings is 2. The first kappa shape index (κ1) is 24.8. The molecule has 0 aliphatic carbocycles. The highest BCUT2D eigenvalue weighted by Crippen LogP contribution is 2.33. The van der Waals surface area contributed by atoms with E-state index in [0.717, 1.165) is 21.7 Å². The van der Waals surface area contributed by atoms with Crippen molar-refractivity contribution in [1.29, 1.82) is 0 Å². The smallest absolute Gasteiger partial charge is 0.325 e. The summed E-state index contributed by atoms with van der Waals surface area (Å²) >= 11 is 0. The zero-order chi connectivity index (χ0) is 26.0. The van der Waals surface area contributed by atoms with Gasteiger partial charge in [0, 0.05) is 44.4 Å². The lowest BCUT2D eigenvalue weighted by Crippen LogP contribution is -2.70. The summed E-state index contributed by atoms with van der Waals surface area (Å²) in [5, 5.41) is 7.18. The van der Waals surface area contributed by atoms with Gasteiger partial charge in [-0.15, -0.1) is 0 Å². The number of likely N-dealkylation sites (N-methyl/N-ethyl adjacent to an activating group) is 1. The fourth-order valence-corrected chi connectivity index (χ4v) is 4.35. The first-order valence-electron chi connectivity index (χ1n) is 11.7. The van der Waals surface area contributed by atoms with Gasteiger partial charge >= 0.3 is 6.03 Å². The molecular formula is C25H30N8O3. The number of nitrogens with one attached hydrogen (secondary N) is 1. The quantitative estimate of drug-likeness (QED) is 0.483. The lowest BCUT2D eigenvalue weighted by atomic mass is 9.81. The van der Waals surface area contributed by atoms with Gasteiger partial charge in [-0.3, -0.25) is 29.1 Å². The van der Waals surface area contributed by atoms with E-state index in [-0.39, 0.29) is 12.5 Å². The van der Waals surface area contributed by atoms with Crippen LogP contribution in [0.4, 0.5) is 16.4 Å². The molecule has 0 bridgehead atoms. The Morgan fingerprint density at radius 1 is 1.22 bits per heavy atom. The van der Waals surface area contributed by atoms with E-state index in [4.69, 9.17) is 5.73 Å². The van der Waals surface area contributed by atoms with Crippen molar-refractivity contribution in [1.82, 2.24) is 30.0 Å². The third-order valence-electron chi connectivity index (χ3n) is 6.40. The topological polar surface area (TPSA) is 139 Å². The predicted octanol–water partition coefficient (Wildman–Crippen LogP) is 1.99. The number of anilines is 2. The summed E-state index contributed by atoms with van der Waals surface area (Å²) in [6, 6.07) is 6.89. The summed E-state index contributed by atoms with van der Waals surface area (Å²) < 4.78 is 1.58. The zero-order valence-electron chi connectivity index (χ0n) is 20.8. The molecule has 0 aromatic carbocycles. The number of hydrogen-bond acceptors (Lipinski definition) is 7. The molecule has 4 amide bonds. The van der Waals surface area contributed by atoms with Gasteiger partial charge in [-0.25, -0.2) is 9.78 Å². The average Bonchev–Trinajstić information content (AvgIpc) is 3.30. The van der Waals surface area contributed by atoms with E-state index in [1.807, 2.05) is 26.0 Å². The monoisotopic (exact) mass is 490 g/mol. The van der Waals surface area contributed by atoms with E-state index < -0.39 is 29.8 Å². The number of aryl methyl sites for hydroxylation is 2. The standard InChI is InChI=1S/C25H30N8O3/c1-5-19(17-7-6-15(2)28-14-17)29-25(36)33-22(24(35)32(4)21-9-11-31(3)30-21)18(23(33)34)12-16-8-10-27-20(26)13-16/h6-11,13-14,18-19,22H,5,12H2,1-4H3,(H2,26,27)(H,29,36)/t18-,19-,22+/m1/s1. The third-order valence-corrected chi connectivity index (χ3v) is 6.40. The van der Waals surface area contributed by atoms with Crippen LogP contribution in [-0.4, -0.2) is 55.6 Å². The molecule has 1 aliphatic rings. The van der Waals surface area contributed by atoms with Gasteiger partial charge in [0.2, 0.25) is 5.91 Å². The van der Waals surface area contributed by atoms with E-state index in [1.54, 1.807) is 55.6 Å². The van der Waals surface area contributed by atoms with Crippen molar-refractivity contribution in [2.75, 3.05) is 17.7 Å². The maximum Gasteiger partial charge on any atom is 0.325 e. The SMILES string of the molecule is CC[C@@H](NC(=O)N1C(=O)[C@H](Cc2ccnc(N)c2)[C@H]1C(=O)N(C)c1ccn(C)n1)c1ccc(C)nc1. The molecule has 3 aromatic rings. The minimum Gasteiger partial charge on any atom is -0.384 e. The molecule has 1 fully saturated rings. The van der Waals surface area contributed by atoms with Crippen LogP contribution >= 0.6 is 0 Å². The second kappa shape index (κ2) is 10.1. The van der Waals surface area contributed by atoms with Gasteiger partial charge in [0.25, 0.3) is 5.91 Å². The van der Waals surface area contributed by atoms with Gasteiger partial charge in [-0.2, -0.15) is 5.10 Å². The molecule has 0 saturated carbocycles. The van der Waals surface area contributed by atoms with Crippen LogP contribution in [-0.2, 0) is 23.1 Å². The molecular weight excluding hydrogens is 460 g/mol. The van der Waals surface area contributed by atoms with Gasteiger partial charge < -0.3 is 11.1 Å². The van der Waals surface area contributed by atoms with Crippen LogP contribution < -0.4 is 16.0 Å². The summed E-state index contributed by atoms with van der Waals surface area (Å²) in [6.45, 7) is 3.81. The Morgan fingerprint density at radius 2 is 2.00 bits per heavy atom. The minimum atomic E-state index is -0.993. The maximum atomic E-state index is 13.6. The van der Waals surface area contributed by atoms with Crippen LogP contribution in [0.25, 0.3) is 0 Å². The fraction of sp³-hybridized carbons (Fsp3) is 0.360. The summed E-state index contributed by atoms with van der Waals surface area (Å²) in [4.78, 5) is 50.8. The summed E-state index contributed by atoms with van der Waals surface area (Å²) in [6.07, 6.45) is 5.81. The number of carbonyl (C=O) groups excluding carboxylic acids is 3. The summed E-state index contributed by atoms with van der Waals surface area (Å²) in [7, 11) is 3.33. The van der Waals surface area contributed by atoms with E-state index >= 15 is 0 Å². The molecule has 3 aromatic heterocycles. The molecule has 36 heavy (non-hydrogen) atoms. The largest absolute Gasteiger partial charge is 0.384 e. The predicted molar refractivity (Wildman–Crippen MR) is 134 cm³/mol. The van der Waals surface area contributed by atoms with E-state index in [1.165, 1.54) is 4.90 Å². The molecule has 3 N–H and O–H groups in total. The Balaban J connectivity index is 1.59. The first-order valence-corrected chi connectivity index (χ1v) is 11.7. The Labute approximate surface area is 209 Å². The molecule has 4 heterocycles. The van der Waals surface area contributed by atoms with Gasteiger partial charge in [-0.05, 0) is 49.1 Å². The van der Waals surface area contributed by atoms with E-state index in [0.29, 0.717) is 18.1 Å². The van der Waals surface area contributed by atoms with Crippen molar-refractivity contribution in [3.05, 3.63) is 65.7 Å². The summed E-state index contributed by atoms with van der Waals surface area (Å²) in [5.74, 6) is -0.809. The van der Waals surface area contributed by atoms with Crippen LogP contribution in [0.5, 0.6) is 0 Å². The molecule has 3 atom stereocenters. The molecule has 0 radical (unpaired) electrons. The van der Waals surface area contributed by atoms with Crippen molar-refractivity contribution in [2.24, 2.45) is 13.0 Å². The Morgan fingerprint density at radius 3 is 2.61 bits per heavy atom. The van der Waals surface area contributed by atoms with Gasteiger partial charge in [0.05, 0.1) is 12.0 Å². The third kappa shape index (κ3) is 4.90. The first-order chi connectivity index (χ1) is 17.2. The Bertz CT molecular complexity index is 1270. The second-order valence-corrected chi connectivity index (χ2v) is 8.94. The lowest BCUT2D eigenvalue weighted by Gasteiger charge is -2.45. The maximum absolute atomic E-state index is 13.6. The number of nitrogens with two attached hydrogens (primary N) is 1. The number of β-lactam (4-membered cyclic amide) rings is 1. The molecule has 11 nitrogen and oxygen atoms in total. The average molecular weight is 491 g/mol. The molecule has 4 rings (SSSR count). The van der Waals surface area contributed by atoms with Gasteiger partial charge in [-0.1, -0.05) is 13.0 Å². The highest BCUT2D eigenvalue weighted by Gasteiger charge is 2.55. The normalized spacial score (nSPS) is 17.9. The fourth-order valence-electron chi connectivity index (χ4n) is 4.35. The molecule has 1 saturated heterocycles. The van der Waals surface area contributed by atoms with Crippen molar-refractivity contribution >= 4 is 29.5 Å². The number of rotatable bonds is 7. The number of carbonyl (C=O) groups is 3. The summed E-state index contributed by atoms with van der Waals surface area (Å²) in [5.41, 5.74) is 8.24. The Hall–Kier alpha value is -4.28. The second-order valence-electron chi connectivity index (χ2n) is 8.94. The van der Waals surface area contributed by atoms with E-state index in [2.05, 4.69) is 20.4 Å². The van der Waals surface area contributed by atoms with Crippen LogP contribution in [0, 0.1) is 12.8 Å². The van der Waals surface area contributed by atoms with Crippen molar-refractivity contribution < 1.29 is 14.4 Å². The van der Waals surface area contributed by atoms with Crippen LogP contribution in [0.1, 0.15) is 36.2 Å². The number of nitrogens with zero attached hydrogens (tertiary/aromatic N) is 6. The number of amides is 4. The number of hydrogen-bond donors (Lipinski definition) is 2. The van der Waals surface area contributed by atoms with Gasteiger partial charge in [0.15, 0.2) is 5.82 Å². The van der Waals surface area contributed by atoms with Crippen molar-refractivity contribution in [2.45, 2.75) is 38.8 Å². The van der Waals surface area contributed by atoms with Crippen LogP contribution in [0.3, 0.4) is 0 Å². The van der Waals surface area contributed by atoms with Crippen molar-refractivity contribution in [3.8, 4) is 0 Å². The van der Waals surface area contributed by atoms with Crippen LogP contribution in [0.15, 0.2) is 48.9 Å². The molecule has 188 valence electrons. The molecule has 0 spiro atoms. The van der Waals surface area contributed by atoms with Gasteiger partial charge in [0.1, 0.15) is 11.9 Å². The minimum absolute atomic E-state index is 0.251. The van der Waals surface area contributed by atoms with Crippen LogP contribution in [0.2, 0.25) is 0 Å². The number of likely N-dealkylation sites (tertiary alicyclic amines) is 1.